The van der Waals surface area contributed by atoms with Crippen LogP contribution in [0.5, 0.6) is 0 Å². The fourth-order valence-corrected chi connectivity index (χ4v) is 2.91. The molecule has 4 atom stereocenters. The van der Waals surface area contributed by atoms with E-state index in [1.807, 2.05) is 27.7 Å². The van der Waals surface area contributed by atoms with E-state index < -0.39 is 5.60 Å². The standard InChI is InChI=1S/C12H21NO3/c1-7(14)10-8-5-9(10)13(6-8)11(15)16-12(2,3)4/h7-10,14H,5-6H2,1-4H3/t7-,8-,9+,10+/m1/s1. The van der Waals surface area contributed by atoms with E-state index in [2.05, 4.69) is 0 Å². The molecule has 1 aliphatic carbocycles. The van der Waals surface area contributed by atoms with Crippen LogP contribution in [0.15, 0.2) is 0 Å². The summed E-state index contributed by atoms with van der Waals surface area (Å²) in [5.74, 6) is 0.727. The molecule has 0 spiro atoms. The number of hydrogen-bond donors (Lipinski definition) is 1. The molecule has 3 fully saturated rings. The number of aliphatic hydroxyl groups excluding tert-OH is 1. The number of hydrogen-bond acceptors (Lipinski definition) is 3. The van der Waals surface area contributed by atoms with Gasteiger partial charge in [-0.2, -0.15) is 0 Å². The van der Waals surface area contributed by atoms with E-state index in [0.717, 1.165) is 13.0 Å². The summed E-state index contributed by atoms with van der Waals surface area (Å²) in [6.45, 7) is 8.17. The van der Waals surface area contributed by atoms with Gasteiger partial charge in [0.1, 0.15) is 5.60 Å². The van der Waals surface area contributed by atoms with Crippen molar-refractivity contribution in [3.05, 3.63) is 0 Å². The topological polar surface area (TPSA) is 49.8 Å². The monoisotopic (exact) mass is 227 g/mol. The number of aliphatic hydroxyl groups is 1. The Morgan fingerprint density at radius 3 is 2.56 bits per heavy atom. The second-order valence-electron chi connectivity index (χ2n) is 6.01. The summed E-state index contributed by atoms with van der Waals surface area (Å²) in [7, 11) is 0. The number of carbonyl (C=O) groups excluding carboxylic acids is 1. The molecule has 1 N–H and O–H groups in total. The van der Waals surface area contributed by atoms with Gasteiger partial charge in [-0.25, -0.2) is 4.79 Å². The number of carbonyl (C=O) groups is 1. The van der Waals surface area contributed by atoms with Gasteiger partial charge in [0.05, 0.1) is 6.10 Å². The fourth-order valence-electron chi connectivity index (χ4n) is 2.91. The summed E-state index contributed by atoms with van der Waals surface area (Å²) in [4.78, 5) is 13.7. The highest BCUT2D eigenvalue weighted by Gasteiger charge is 2.56. The molecule has 3 aliphatic rings. The zero-order valence-electron chi connectivity index (χ0n) is 10.4. The van der Waals surface area contributed by atoms with Gasteiger partial charge in [0, 0.05) is 18.5 Å². The van der Waals surface area contributed by atoms with Crippen LogP contribution in [0, 0.1) is 11.8 Å². The van der Waals surface area contributed by atoms with Gasteiger partial charge in [-0.1, -0.05) is 0 Å². The number of amides is 1. The van der Waals surface area contributed by atoms with Gasteiger partial charge in [-0.15, -0.1) is 0 Å². The van der Waals surface area contributed by atoms with Crippen LogP contribution in [0.1, 0.15) is 34.1 Å². The highest BCUT2D eigenvalue weighted by atomic mass is 16.6. The van der Waals surface area contributed by atoms with Crippen molar-refractivity contribution in [3.63, 3.8) is 0 Å². The highest BCUT2D eigenvalue weighted by molar-refractivity contribution is 5.69. The molecule has 0 aromatic heterocycles. The van der Waals surface area contributed by atoms with Gasteiger partial charge in [-0.05, 0) is 40.0 Å². The molecule has 3 rings (SSSR count). The lowest BCUT2D eigenvalue weighted by molar-refractivity contribution is 0.000963. The van der Waals surface area contributed by atoms with E-state index in [1.54, 1.807) is 4.90 Å². The first-order valence-corrected chi connectivity index (χ1v) is 5.97. The number of ether oxygens (including phenoxy) is 1. The second-order valence-corrected chi connectivity index (χ2v) is 6.01. The summed E-state index contributed by atoms with van der Waals surface area (Å²) in [6.07, 6.45) is 0.466. The van der Waals surface area contributed by atoms with E-state index in [0.29, 0.717) is 5.92 Å². The first kappa shape index (κ1) is 11.7. The van der Waals surface area contributed by atoms with Crippen molar-refractivity contribution in [2.24, 2.45) is 11.8 Å². The largest absolute Gasteiger partial charge is 0.444 e. The Morgan fingerprint density at radius 1 is 1.50 bits per heavy atom. The average Bonchev–Trinajstić information content (AvgIpc) is 2.53. The Labute approximate surface area is 96.6 Å². The predicted molar refractivity (Wildman–Crippen MR) is 60.0 cm³/mol. The van der Waals surface area contributed by atoms with Crippen molar-refractivity contribution < 1.29 is 14.6 Å². The van der Waals surface area contributed by atoms with Crippen LogP contribution in [-0.4, -0.2) is 40.4 Å². The lowest BCUT2D eigenvalue weighted by Crippen LogP contribution is -2.47. The quantitative estimate of drug-likeness (QED) is 0.740. The minimum atomic E-state index is -0.440. The Morgan fingerprint density at radius 2 is 2.12 bits per heavy atom. The molecule has 16 heavy (non-hydrogen) atoms. The molecular weight excluding hydrogens is 206 g/mol. The molecule has 2 bridgehead atoms. The van der Waals surface area contributed by atoms with E-state index >= 15 is 0 Å². The van der Waals surface area contributed by atoms with Crippen molar-refractivity contribution >= 4 is 6.09 Å². The summed E-state index contributed by atoms with van der Waals surface area (Å²) in [5.41, 5.74) is -0.440. The first-order chi connectivity index (χ1) is 7.29. The molecular formula is C12H21NO3. The Kier molecular flexibility index (Phi) is 2.65. The van der Waals surface area contributed by atoms with Gasteiger partial charge in [0.25, 0.3) is 0 Å². The van der Waals surface area contributed by atoms with Crippen LogP contribution < -0.4 is 0 Å². The highest BCUT2D eigenvalue weighted by Crippen LogP contribution is 2.48. The molecule has 1 amide bonds. The number of nitrogens with zero attached hydrogens (tertiary/aromatic N) is 1. The maximum Gasteiger partial charge on any atom is 0.410 e. The third-order valence-electron chi connectivity index (χ3n) is 3.55. The van der Waals surface area contributed by atoms with E-state index in [1.165, 1.54) is 0 Å². The predicted octanol–water partition coefficient (Wildman–Crippen LogP) is 1.62. The second kappa shape index (κ2) is 3.62. The zero-order valence-corrected chi connectivity index (χ0v) is 10.4. The lowest BCUT2D eigenvalue weighted by atomic mass is 9.71. The summed E-state index contributed by atoms with van der Waals surface area (Å²) < 4.78 is 5.35. The molecule has 4 heteroatoms. The molecule has 4 nitrogen and oxygen atoms in total. The minimum Gasteiger partial charge on any atom is -0.444 e. The van der Waals surface area contributed by atoms with Crippen molar-refractivity contribution in [2.75, 3.05) is 6.54 Å². The third-order valence-corrected chi connectivity index (χ3v) is 3.55. The molecule has 0 aromatic rings. The van der Waals surface area contributed by atoms with Gasteiger partial charge >= 0.3 is 6.09 Å². The Bertz CT molecular complexity index is 295. The Hall–Kier alpha value is -0.770. The molecule has 0 aromatic carbocycles. The van der Waals surface area contributed by atoms with Crippen LogP contribution in [-0.2, 0) is 4.74 Å². The fraction of sp³-hybridized carbons (Fsp3) is 0.917. The van der Waals surface area contributed by atoms with Crippen molar-refractivity contribution in [2.45, 2.75) is 51.9 Å². The van der Waals surface area contributed by atoms with Crippen LogP contribution in [0.4, 0.5) is 4.79 Å². The summed E-state index contributed by atoms with van der Waals surface area (Å²) in [5, 5.41) is 9.61. The van der Waals surface area contributed by atoms with Crippen LogP contribution in [0.25, 0.3) is 0 Å². The van der Waals surface area contributed by atoms with E-state index in [9.17, 15) is 9.90 Å². The maximum atomic E-state index is 11.9. The van der Waals surface area contributed by atoms with E-state index in [4.69, 9.17) is 4.74 Å². The smallest absolute Gasteiger partial charge is 0.410 e. The minimum absolute atomic E-state index is 0.194. The van der Waals surface area contributed by atoms with Crippen molar-refractivity contribution in [3.8, 4) is 0 Å². The average molecular weight is 227 g/mol. The molecule has 92 valence electrons. The molecule has 2 saturated heterocycles. The SMILES string of the molecule is C[C@@H](O)[C@H]1[C@@H]2C[C@@H]1N(C(=O)OC(C)(C)C)C2. The zero-order chi connectivity index (χ0) is 12.1. The molecule has 2 heterocycles. The summed E-state index contributed by atoms with van der Waals surface area (Å²) in [6, 6.07) is 0.194. The first-order valence-electron chi connectivity index (χ1n) is 5.97. The Balaban J connectivity index is 1.96. The summed E-state index contributed by atoms with van der Waals surface area (Å²) >= 11 is 0. The van der Waals surface area contributed by atoms with E-state index in [-0.39, 0.29) is 24.2 Å². The third kappa shape index (κ3) is 1.90. The van der Waals surface area contributed by atoms with Crippen LogP contribution in [0.3, 0.4) is 0 Å². The lowest BCUT2D eigenvalue weighted by Gasteiger charge is -2.38. The number of fused-ring (bicyclic) bond motifs is 1. The molecule has 2 aliphatic heterocycles. The molecule has 0 radical (unpaired) electrons. The normalized spacial score (nSPS) is 34.6. The van der Waals surface area contributed by atoms with Gasteiger partial charge in [0.15, 0.2) is 0 Å². The van der Waals surface area contributed by atoms with Crippen molar-refractivity contribution in [1.29, 1.82) is 0 Å². The van der Waals surface area contributed by atoms with Gasteiger partial charge in [0.2, 0.25) is 0 Å². The maximum absolute atomic E-state index is 11.9. The van der Waals surface area contributed by atoms with Gasteiger partial charge < -0.3 is 14.7 Å². The number of rotatable bonds is 1. The van der Waals surface area contributed by atoms with Crippen LogP contribution >= 0.6 is 0 Å². The van der Waals surface area contributed by atoms with Gasteiger partial charge in [-0.3, -0.25) is 0 Å². The van der Waals surface area contributed by atoms with Crippen molar-refractivity contribution in [1.82, 2.24) is 4.90 Å². The molecule has 1 saturated carbocycles. The van der Waals surface area contributed by atoms with Crippen LogP contribution in [0.2, 0.25) is 0 Å². The molecule has 0 unspecified atom stereocenters.